The average Bonchev–Trinajstić information content (AvgIpc) is 2.82. The molecule has 1 unspecified atom stereocenters. The van der Waals surface area contributed by atoms with Crippen LogP contribution in [0.25, 0.3) is 0 Å². The third-order valence-electron chi connectivity index (χ3n) is 2.72. The van der Waals surface area contributed by atoms with E-state index in [0.29, 0.717) is 11.7 Å². The minimum Gasteiger partial charge on any atom is -0.358 e. The topological polar surface area (TPSA) is 88.1 Å². The molecule has 0 aliphatic carbocycles. The summed E-state index contributed by atoms with van der Waals surface area (Å²) in [6.07, 6.45) is 4.11. The van der Waals surface area contributed by atoms with Crippen molar-refractivity contribution in [1.29, 1.82) is 0 Å². The summed E-state index contributed by atoms with van der Waals surface area (Å²) < 4.78 is 1.47. The van der Waals surface area contributed by atoms with E-state index in [0.717, 1.165) is 6.42 Å². The summed E-state index contributed by atoms with van der Waals surface area (Å²) >= 11 is 0. The van der Waals surface area contributed by atoms with Gasteiger partial charge in [-0.3, -0.25) is 14.3 Å². The molecule has 0 aromatic carbocycles. The van der Waals surface area contributed by atoms with E-state index in [1.54, 1.807) is 13.2 Å². The van der Waals surface area contributed by atoms with Gasteiger partial charge in [0.1, 0.15) is 6.54 Å². The maximum atomic E-state index is 11.6. The SMILES string of the molecule is CCC(C)NCC(=O)Nc1cnn(CC(=O)NC)c1. The Kier molecular flexibility index (Phi) is 6.01. The van der Waals surface area contributed by atoms with E-state index in [1.807, 2.05) is 6.92 Å². The van der Waals surface area contributed by atoms with Crippen LogP contribution in [-0.2, 0) is 16.1 Å². The summed E-state index contributed by atoms with van der Waals surface area (Å²) in [5.74, 6) is -0.265. The summed E-state index contributed by atoms with van der Waals surface area (Å²) in [5, 5.41) is 12.3. The van der Waals surface area contributed by atoms with Crippen LogP contribution < -0.4 is 16.0 Å². The molecular weight excluding hydrogens is 246 g/mol. The van der Waals surface area contributed by atoms with Crippen LogP contribution in [-0.4, -0.2) is 41.2 Å². The first-order valence-electron chi connectivity index (χ1n) is 6.31. The van der Waals surface area contributed by atoms with Crippen molar-refractivity contribution in [1.82, 2.24) is 20.4 Å². The molecule has 0 saturated heterocycles. The van der Waals surface area contributed by atoms with Gasteiger partial charge in [0.2, 0.25) is 11.8 Å². The number of nitrogens with zero attached hydrogens (tertiary/aromatic N) is 2. The van der Waals surface area contributed by atoms with E-state index in [9.17, 15) is 9.59 Å². The second kappa shape index (κ2) is 7.52. The van der Waals surface area contributed by atoms with E-state index < -0.39 is 0 Å². The monoisotopic (exact) mass is 267 g/mol. The molecule has 2 amide bonds. The number of hydrogen-bond acceptors (Lipinski definition) is 4. The van der Waals surface area contributed by atoms with Crippen molar-refractivity contribution in [2.24, 2.45) is 0 Å². The molecule has 0 aliphatic rings. The fourth-order valence-corrected chi connectivity index (χ4v) is 1.36. The third kappa shape index (κ3) is 5.52. The predicted octanol–water partition coefficient (Wildman–Crippen LogP) is -0.0443. The minimum absolute atomic E-state index is 0.125. The first-order valence-corrected chi connectivity index (χ1v) is 6.31. The van der Waals surface area contributed by atoms with Crippen LogP contribution in [0, 0.1) is 0 Å². The van der Waals surface area contributed by atoms with E-state index in [-0.39, 0.29) is 24.9 Å². The number of aromatic nitrogens is 2. The molecule has 7 nitrogen and oxygen atoms in total. The minimum atomic E-state index is -0.139. The summed E-state index contributed by atoms with van der Waals surface area (Å²) in [4.78, 5) is 22.8. The Morgan fingerprint density at radius 1 is 1.42 bits per heavy atom. The summed E-state index contributed by atoms with van der Waals surface area (Å²) in [6.45, 7) is 4.47. The molecule has 0 fully saturated rings. The standard InChI is InChI=1S/C12H21N5O2/c1-4-9(2)14-6-11(18)16-10-5-15-17(7-10)8-12(19)13-3/h5,7,9,14H,4,6,8H2,1-3H3,(H,13,19)(H,16,18). The lowest BCUT2D eigenvalue weighted by molar-refractivity contribution is -0.121. The summed E-state index contributed by atoms with van der Waals surface area (Å²) in [6, 6.07) is 0.307. The number of likely N-dealkylation sites (N-methyl/N-ethyl adjacent to an activating group) is 1. The van der Waals surface area contributed by atoms with Gasteiger partial charge in [0.25, 0.3) is 0 Å². The molecule has 7 heteroatoms. The van der Waals surface area contributed by atoms with Gasteiger partial charge in [-0.2, -0.15) is 5.10 Å². The Labute approximate surface area is 112 Å². The quantitative estimate of drug-likeness (QED) is 0.646. The Morgan fingerprint density at radius 3 is 2.79 bits per heavy atom. The molecule has 1 aromatic heterocycles. The van der Waals surface area contributed by atoms with Crippen LogP contribution in [0.15, 0.2) is 12.4 Å². The molecule has 1 atom stereocenters. The molecule has 1 aromatic rings. The fraction of sp³-hybridized carbons (Fsp3) is 0.583. The smallest absolute Gasteiger partial charge is 0.241 e. The highest BCUT2D eigenvalue weighted by atomic mass is 16.2. The Hall–Kier alpha value is -1.89. The number of nitrogens with one attached hydrogen (secondary N) is 3. The fourth-order valence-electron chi connectivity index (χ4n) is 1.36. The predicted molar refractivity (Wildman–Crippen MR) is 72.7 cm³/mol. The lowest BCUT2D eigenvalue weighted by Crippen LogP contribution is -2.33. The highest BCUT2D eigenvalue weighted by Gasteiger charge is 2.07. The molecule has 0 bridgehead atoms. The number of carbonyl (C=O) groups is 2. The molecule has 1 heterocycles. The number of hydrogen-bond donors (Lipinski definition) is 3. The van der Waals surface area contributed by atoms with Gasteiger partial charge in [0.15, 0.2) is 0 Å². The summed E-state index contributed by atoms with van der Waals surface area (Å²) in [5.41, 5.74) is 0.583. The molecule has 3 N–H and O–H groups in total. The normalized spacial score (nSPS) is 11.9. The van der Waals surface area contributed by atoms with Crippen molar-refractivity contribution < 1.29 is 9.59 Å². The van der Waals surface area contributed by atoms with Crippen molar-refractivity contribution in [3.8, 4) is 0 Å². The highest BCUT2D eigenvalue weighted by Crippen LogP contribution is 2.04. The van der Waals surface area contributed by atoms with Gasteiger partial charge < -0.3 is 16.0 Å². The zero-order valence-corrected chi connectivity index (χ0v) is 11.6. The van der Waals surface area contributed by atoms with Crippen LogP contribution in [0.5, 0.6) is 0 Å². The third-order valence-corrected chi connectivity index (χ3v) is 2.72. The van der Waals surface area contributed by atoms with Crippen molar-refractivity contribution in [2.45, 2.75) is 32.9 Å². The number of carbonyl (C=O) groups excluding carboxylic acids is 2. The molecule has 0 radical (unpaired) electrons. The molecule has 1 rings (SSSR count). The van der Waals surface area contributed by atoms with Gasteiger partial charge in [-0.05, 0) is 13.3 Å². The molecule has 19 heavy (non-hydrogen) atoms. The van der Waals surface area contributed by atoms with Gasteiger partial charge in [-0.25, -0.2) is 0 Å². The maximum absolute atomic E-state index is 11.6. The van der Waals surface area contributed by atoms with E-state index in [2.05, 4.69) is 28.0 Å². The number of rotatable bonds is 7. The van der Waals surface area contributed by atoms with E-state index >= 15 is 0 Å². The molecule has 106 valence electrons. The van der Waals surface area contributed by atoms with Crippen molar-refractivity contribution in [3.05, 3.63) is 12.4 Å². The van der Waals surface area contributed by atoms with E-state index in [1.165, 1.54) is 10.9 Å². The molecule has 0 aliphatic heterocycles. The molecular formula is C12H21N5O2. The zero-order chi connectivity index (χ0) is 14.3. The lowest BCUT2D eigenvalue weighted by Gasteiger charge is -2.10. The number of anilines is 1. The van der Waals surface area contributed by atoms with Crippen molar-refractivity contribution in [2.75, 3.05) is 18.9 Å². The molecule has 0 saturated carbocycles. The first-order chi connectivity index (χ1) is 9.05. The second-order valence-corrected chi connectivity index (χ2v) is 4.34. The van der Waals surface area contributed by atoms with Gasteiger partial charge >= 0.3 is 0 Å². The average molecular weight is 267 g/mol. The Morgan fingerprint density at radius 2 is 2.16 bits per heavy atom. The Balaban J connectivity index is 2.40. The van der Waals surface area contributed by atoms with Crippen molar-refractivity contribution >= 4 is 17.5 Å². The van der Waals surface area contributed by atoms with Gasteiger partial charge in [-0.15, -0.1) is 0 Å². The second-order valence-electron chi connectivity index (χ2n) is 4.34. The first kappa shape index (κ1) is 15.2. The maximum Gasteiger partial charge on any atom is 0.241 e. The zero-order valence-electron chi connectivity index (χ0n) is 11.6. The highest BCUT2D eigenvalue weighted by molar-refractivity contribution is 5.92. The van der Waals surface area contributed by atoms with Gasteiger partial charge in [0, 0.05) is 19.3 Å². The van der Waals surface area contributed by atoms with Crippen LogP contribution in [0.3, 0.4) is 0 Å². The summed E-state index contributed by atoms with van der Waals surface area (Å²) in [7, 11) is 1.56. The van der Waals surface area contributed by atoms with Crippen LogP contribution >= 0.6 is 0 Å². The number of amides is 2. The van der Waals surface area contributed by atoms with Gasteiger partial charge in [-0.1, -0.05) is 6.92 Å². The van der Waals surface area contributed by atoms with Gasteiger partial charge in [0.05, 0.1) is 18.4 Å². The van der Waals surface area contributed by atoms with Crippen LogP contribution in [0.4, 0.5) is 5.69 Å². The van der Waals surface area contributed by atoms with Crippen LogP contribution in [0.1, 0.15) is 20.3 Å². The van der Waals surface area contributed by atoms with E-state index in [4.69, 9.17) is 0 Å². The Bertz CT molecular complexity index is 430. The molecule has 0 spiro atoms. The largest absolute Gasteiger partial charge is 0.358 e. The van der Waals surface area contributed by atoms with Crippen LogP contribution in [0.2, 0.25) is 0 Å². The van der Waals surface area contributed by atoms with Crippen molar-refractivity contribution in [3.63, 3.8) is 0 Å². The lowest BCUT2D eigenvalue weighted by atomic mass is 10.2.